The number of hydrogen-bond donors (Lipinski definition) is 1. The topological polar surface area (TPSA) is 78.4 Å². The number of nitrogens with two attached hydrogens (primary N) is 1. The van der Waals surface area contributed by atoms with Crippen molar-refractivity contribution in [3.63, 3.8) is 0 Å². The Morgan fingerprint density at radius 1 is 1.38 bits per heavy atom. The van der Waals surface area contributed by atoms with Crippen molar-refractivity contribution in [1.82, 2.24) is 0 Å². The van der Waals surface area contributed by atoms with E-state index in [1.165, 1.54) is 6.07 Å². The zero-order valence-electron chi connectivity index (χ0n) is 6.16. The fourth-order valence-corrected chi connectivity index (χ4v) is 1.17. The van der Waals surface area contributed by atoms with Gasteiger partial charge in [0.2, 0.25) is 0 Å². The average molecular weight is 223 g/mol. The summed E-state index contributed by atoms with van der Waals surface area (Å²) < 4.78 is 0. The molecule has 7 heteroatoms. The van der Waals surface area contributed by atoms with Crippen molar-refractivity contribution >= 4 is 28.9 Å². The standard InChI is InChI=1S/C6H4Cl2N2O3/c7-3-2-6(13-9)4(8)1-5(3)10(11)12/h1-2H,9H2. The zero-order chi connectivity index (χ0) is 10.0. The van der Waals surface area contributed by atoms with Crippen LogP contribution in [0.25, 0.3) is 0 Å². The van der Waals surface area contributed by atoms with E-state index < -0.39 is 4.92 Å². The van der Waals surface area contributed by atoms with Crippen LogP contribution in [-0.4, -0.2) is 4.92 Å². The van der Waals surface area contributed by atoms with Crippen LogP contribution < -0.4 is 10.7 Å². The molecule has 1 rings (SSSR count). The third-order valence-electron chi connectivity index (χ3n) is 1.33. The maximum absolute atomic E-state index is 10.4. The maximum atomic E-state index is 10.4. The highest BCUT2D eigenvalue weighted by Crippen LogP contribution is 2.34. The molecule has 1 aromatic rings. The summed E-state index contributed by atoms with van der Waals surface area (Å²) in [6.45, 7) is 0. The summed E-state index contributed by atoms with van der Waals surface area (Å²) in [5.74, 6) is 4.93. The van der Waals surface area contributed by atoms with Gasteiger partial charge in [0, 0.05) is 12.1 Å². The first-order valence-corrected chi connectivity index (χ1v) is 3.82. The van der Waals surface area contributed by atoms with Gasteiger partial charge in [0.1, 0.15) is 5.02 Å². The molecular weight excluding hydrogens is 219 g/mol. The van der Waals surface area contributed by atoms with Gasteiger partial charge in [0.05, 0.1) is 9.95 Å². The van der Waals surface area contributed by atoms with Crippen LogP contribution >= 0.6 is 23.2 Å². The number of benzene rings is 1. The lowest BCUT2D eigenvalue weighted by molar-refractivity contribution is -0.384. The highest BCUT2D eigenvalue weighted by Gasteiger charge is 2.16. The molecule has 1 aromatic carbocycles. The molecule has 0 spiro atoms. The minimum Gasteiger partial charge on any atom is -0.410 e. The lowest BCUT2D eigenvalue weighted by atomic mass is 10.3. The first-order chi connectivity index (χ1) is 6.06. The molecule has 0 heterocycles. The fraction of sp³-hybridized carbons (Fsp3) is 0. The van der Waals surface area contributed by atoms with Crippen LogP contribution in [-0.2, 0) is 0 Å². The number of hydrogen-bond acceptors (Lipinski definition) is 4. The lowest BCUT2D eigenvalue weighted by Crippen LogP contribution is -2.02. The van der Waals surface area contributed by atoms with E-state index >= 15 is 0 Å². The average Bonchev–Trinajstić information content (AvgIpc) is 2.07. The zero-order valence-corrected chi connectivity index (χ0v) is 7.67. The normalized spacial score (nSPS) is 9.77. The van der Waals surface area contributed by atoms with Crippen molar-refractivity contribution in [1.29, 1.82) is 0 Å². The summed E-state index contributed by atoms with van der Waals surface area (Å²) >= 11 is 11.1. The molecule has 0 fully saturated rings. The van der Waals surface area contributed by atoms with E-state index in [1.807, 2.05) is 0 Å². The van der Waals surface area contributed by atoms with Crippen LogP contribution in [0.1, 0.15) is 0 Å². The molecule has 0 aliphatic heterocycles. The van der Waals surface area contributed by atoms with Gasteiger partial charge in [-0.1, -0.05) is 23.2 Å². The highest BCUT2D eigenvalue weighted by atomic mass is 35.5. The summed E-state index contributed by atoms with van der Waals surface area (Å²) in [6, 6.07) is 2.26. The summed E-state index contributed by atoms with van der Waals surface area (Å²) in [7, 11) is 0. The molecule has 0 unspecified atom stereocenters. The van der Waals surface area contributed by atoms with Gasteiger partial charge in [0.25, 0.3) is 5.69 Å². The fourth-order valence-electron chi connectivity index (χ4n) is 0.748. The van der Waals surface area contributed by atoms with Crippen LogP contribution in [0.3, 0.4) is 0 Å². The van der Waals surface area contributed by atoms with Crippen molar-refractivity contribution in [2.45, 2.75) is 0 Å². The number of nitro groups is 1. The Morgan fingerprint density at radius 2 is 2.00 bits per heavy atom. The molecule has 5 nitrogen and oxygen atoms in total. The van der Waals surface area contributed by atoms with Gasteiger partial charge in [-0.2, -0.15) is 5.90 Å². The Hall–Kier alpha value is -1.04. The minimum absolute atomic E-state index is 0.0404. The van der Waals surface area contributed by atoms with Crippen LogP contribution in [0.15, 0.2) is 12.1 Å². The van der Waals surface area contributed by atoms with E-state index in [0.29, 0.717) is 0 Å². The quantitative estimate of drug-likeness (QED) is 0.615. The van der Waals surface area contributed by atoms with Crippen LogP contribution in [0.5, 0.6) is 5.75 Å². The Morgan fingerprint density at radius 3 is 2.46 bits per heavy atom. The molecule has 0 amide bonds. The van der Waals surface area contributed by atoms with Gasteiger partial charge in [0.15, 0.2) is 5.75 Å². The molecule has 0 saturated heterocycles. The van der Waals surface area contributed by atoms with Crippen molar-refractivity contribution in [2.75, 3.05) is 0 Å². The number of nitrogens with zero attached hydrogens (tertiary/aromatic N) is 1. The molecule has 0 aliphatic rings. The van der Waals surface area contributed by atoms with E-state index in [-0.39, 0.29) is 21.5 Å². The highest BCUT2D eigenvalue weighted by molar-refractivity contribution is 6.35. The van der Waals surface area contributed by atoms with E-state index in [1.54, 1.807) is 0 Å². The minimum atomic E-state index is -0.644. The second-order valence-electron chi connectivity index (χ2n) is 2.11. The molecule has 0 atom stereocenters. The third-order valence-corrected chi connectivity index (χ3v) is 1.92. The van der Waals surface area contributed by atoms with Gasteiger partial charge >= 0.3 is 0 Å². The monoisotopic (exact) mass is 222 g/mol. The van der Waals surface area contributed by atoms with Crippen molar-refractivity contribution in [3.8, 4) is 5.75 Å². The Bertz CT molecular complexity index is 356. The first-order valence-electron chi connectivity index (χ1n) is 3.06. The third kappa shape index (κ3) is 2.00. The number of nitro benzene ring substituents is 1. The van der Waals surface area contributed by atoms with E-state index in [0.717, 1.165) is 6.07 Å². The van der Waals surface area contributed by atoms with Gasteiger partial charge < -0.3 is 4.84 Å². The summed E-state index contributed by atoms with van der Waals surface area (Å²) in [4.78, 5) is 14.0. The second kappa shape index (κ2) is 3.78. The number of halogens is 2. The molecule has 2 N–H and O–H groups in total. The molecule has 13 heavy (non-hydrogen) atoms. The predicted octanol–water partition coefficient (Wildman–Crippen LogP) is 2.15. The van der Waals surface area contributed by atoms with Crippen molar-refractivity contribution < 1.29 is 9.76 Å². The number of rotatable bonds is 2. The van der Waals surface area contributed by atoms with Crippen molar-refractivity contribution in [3.05, 3.63) is 32.3 Å². The largest absolute Gasteiger partial charge is 0.410 e. The summed E-state index contributed by atoms with van der Waals surface area (Å²) in [6.07, 6.45) is 0. The van der Waals surface area contributed by atoms with E-state index in [4.69, 9.17) is 29.1 Å². The van der Waals surface area contributed by atoms with Gasteiger partial charge in [-0.15, -0.1) is 0 Å². The van der Waals surface area contributed by atoms with Crippen LogP contribution in [0, 0.1) is 10.1 Å². The smallest absolute Gasteiger partial charge is 0.289 e. The van der Waals surface area contributed by atoms with Crippen LogP contribution in [0.4, 0.5) is 5.69 Å². The Kier molecular flexibility index (Phi) is 2.92. The summed E-state index contributed by atoms with van der Waals surface area (Å²) in [5.41, 5.74) is -0.285. The molecule has 0 bridgehead atoms. The first kappa shape index (κ1) is 10.0. The molecular formula is C6H4Cl2N2O3. The lowest BCUT2D eigenvalue weighted by Gasteiger charge is -2.01. The van der Waals surface area contributed by atoms with Gasteiger partial charge in [-0.25, -0.2) is 0 Å². The predicted molar refractivity (Wildman–Crippen MR) is 47.9 cm³/mol. The SMILES string of the molecule is NOc1cc(Cl)c([N+](=O)[O-])cc1Cl. The van der Waals surface area contributed by atoms with Crippen molar-refractivity contribution in [2.24, 2.45) is 5.90 Å². The molecule has 0 aliphatic carbocycles. The summed E-state index contributed by atoms with van der Waals surface area (Å²) in [5, 5.41) is 10.3. The van der Waals surface area contributed by atoms with Crippen LogP contribution in [0.2, 0.25) is 10.0 Å². The Balaban J connectivity index is 3.28. The Labute approximate surface area is 83.1 Å². The van der Waals surface area contributed by atoms with E-state index in [2.05, 4.69) is 4.84 Å². The second-order valence-corrected chi connectivity index (χ2v) is 2.92. The van der Waals surface area contributed by atoms with Gasteiger partial charge in [-0.3, -0.25) is 10.1 Å². The molecule has 0 aromatic heterocycles. The van der Waals surface area contributed by atoms with Gasteiger partial charge in [-0.05, 0) is 0 Å². The molecule has 0 radical (unpaired) electrons. The molecule has 0 saturated carbocycles. The maximum Gasteiger partial charge on any atom is 0.289 e. The van der Waals surface area contributed by atoms with E-state index in [9.17, 15) is 10.1 Å². The molecule has 70 valence electrons.